The lowest BCUT2D eigenvalue weighted by atomic mass is 9.91. The fourth-order valence-electron chi connectivity index (χ4n) is 5.35. The molecule has 2 heterocycles. The third kappa shape index (κ3) is 5.15. The van der Waals surface area contributed by atoms with Crippen LogP contribution >= 0.6 is 23.2 Å². The van der Waals surface area contributed by atoms with Crippen LogP contribution in [-0.4, -0.2) is 43.3 Å². The Morgan fingerprint density at radius 1 is 1.16 bits per heavy atom. The van der Waals surface area contributed by atoms with E-state index < -0.39 is 6.04 Å². The molecule has 1 unspecified atom stereocenters. The van der Waals surface area contributed by atoms with Crippen molar-refractivity contribution >= 4 is 46.8 Å². The molecule has 0 radical (unpaired) electrons. The van der Waals surface area contributed by atoms with Crippen LogP contribution in [0.3, 0.4) is 0 Å². The predicted octanol–water partition coefficient (Wildman–Crippen LogP) is 6.58. The number of hydrogen-bond donors (Lipinski definition) is 1. The van der Waals surface area contributed by atoms with Gasteiger partial charge in [0, 0.05) is 46.5 Å². The molecular weight excluding hydrogens is 517 g/mol. The van der Waals surface area contributed by atoms with E-state index in [0.29, 0.717) is 22.2 Å². The molecule has 0 bridgehead atoms. The molecule has 1 fully saturated rings. The van der Waals surface area contributed by atoms with Crippen LogP contribution in [0.15, 0.2) is 53.5 Å². The molecule has 1 amide bonds. The van der Waals surface area contributed by atoms with E-state index in [1.54, 1.807) is 24.5 Å². The Balaban J connectivity index is 1.64. The highest BCUT2D eigenvalue weighted by molar-refractivity contribution is 6.33. The molecule has 3 aromatic rings. The fourth-order valence-corrected chi connectivity index (χ4v) is 5.85. The summed E-state index contributed by atoms with van der Waals surface area (Å²) < 4.78 is 0. The molecule has 194 valence electrons. The molecule has 2 atom stereocenters. The molecule has 6 nitrogen and oxygen atoms in total. The third-order valence-electron chi connectivity index (χ3n) is 7.25. The number of nitriles is 1. The van der Waals surface area contributed by atoms with Gasteiger partial charge in [-0.2, -0.15) is 5.26 Å². The van der Waals surface area contributed by atoms with Gasteiger partial charge in [0.25, 0.3) is 0 Å². The summed E-state index contributed by atoms with van der Waals surface area (Å²) in [6.07, 6.45) is 3.89. The first-order valence-electron chi connectivity index (χ1n) is 12.7. The van der Waals surface area contributed by atoms with E-state index in [2.05, 4.69) is 11.4 Å². The molecule has 1 N–H and O–H groups in total. The topological polar surface area (TPSA) is 71.7 Å². The Bertz CT molecular complexity index is 1450. The molecule has 5 rings (SSSR count). The van der Waals surface area contributed by atoms with Gasteiger partial charge in [0.15, 0.2) is 0 Å². The third-order valence-corrected chi connectivity index (χ3v) is 7.79. The van der Waals surface area contributed by atoms with Gasteiger partial charge in [-0.3, -0.25) is 4.79 Å². The van der Waals surface area contributed by atoms with Crippen molar-refractivity contribution in [3.63, 3.8) is 0 Å². The highest BCUT2D eigenvalue weighted by Gasteiger charge is 2.36. The maximum atomic E-state index is 14.2. The van der Waals surface area contributed by atoms with Crippen LogP contribution in [0.25, 0.3) is 11.1 Å². The molecule has 38 heavy (non-hydrogen) atoms. The van der Waals surface area contributed by atoms with Crippen molar-refractivity contribution in [3.8, 4) is 17.2 Å². The average Bonchev–Trinajstić information content (AvgIpc) is 3.40. The van der Waals surface area contributed by atoms with Crippen molar-refractivity contribution in [1.82, 2.24) is 10.2 Å². The minimum absolute atomic E-state index is 0.0320. The second-order valence-electron chi connectivity index (χ2n) is 10.1. The summed E-state index contributed by atoms with van der Waals surface area (Å²) >= 11 is 13.0. The molecule has 0 aliphatic carbocycles. The lowest BCUT2D eigenvalue weighted by Crippen LogP contribution is -2.46. The van der Waals surface area contributed by atoms with Crippen molar-refractivity contribution in [1.29, 1.82) is 5.26 Å². The van der Waals surface area contributed by atoms with Crippen LogP contribution in [0, 0.1) is 25.2 Å². The summed E-state index contributed by atoms with van der Waals surface area (Å²) in [5, 5.41) is 14.1. The Labute approximate surface area is 233 Å². The van der Waals surface area contributed by atoms with Crippen molar-refractivity contribution in [3.05, 3.63) is 80.8 Å². The normalized spacial score (nSPS) is 18.3. The minimum Gasteiger partial charge on any atom is -0.342 e. The average molecular weight is 547 g/mol. The lowest BCUT2D eigenvalue weighted by Gasteiger charge is -2.36. The van der Waals surface area contributed by atoms with E-state index in [-0.39, 0.29) is 11.9 Å². The second kappa shape index (κ2) is 10.8. The zero-order valence-electron chi connectivity index (χ0n) is 21.6. The number of likely N-dealkylation sites (N-methyl/N-ethyl adjacent to an activating group) is 1. The number of anilines is 1. The maximum Gasteiger partial charge on any atom is 0.250 e. The van der Waals surface area contributed by atoms with Crippen molar-refractivity contribution in [2.75, 3.05) is 25.0 Å². The number of benzene rings is 3. The van der Waals surface area contributed by atoms with Gasteiger partial charge < -0.3 is 15.1 Å². The van der Waals surface area contributed by atoms with Gasteiger partial charge >= 0.3 is 0 Å². The molecule has 1 saturated heterocycles. The molecule has 0 aromatic heterocycles. The number of nitrogens with one attached hydrogen (secondary N) is 1. The SMILES string of the molecule is Cc1cc(Cl)cc(N2C=Nc3cc(C)c(-c4cc(C#N)ccc4Cl)cc3C2C(=O)N(C)C[C@@H]2CCCN2)c1. The molecule has 0 saturated carbocycles. The van der Waals surface area contributed by atoms with Crippen LogP contribution in [0.1, 0.15) is 41.1 Å². The molecule has 2 aliphatic heterocycles. The summed E-state index contributed by atoms with van der Waals surface area (Å²) in [7, 11) is 1.86. The summed E-state index contributed by atoms with van der Waals surface area (Å²) in [6, 6.07) is 16.8. The number of nitrogens with zero attached hydrogens (tertiary/aromatic N) is 4. The molecular formula is C30H29Cl2N5O. The molecule has 3 aromatic carbocycles. The van der Waals surface area contributed by atoms with Gasteiger partial charge in [0.2, 0.25) is 5.91 Å². The van der Waals surface area contributed by atoms with Gasteiger partial charge in [0.1, 0.15) is 6.04 Å². The Hall–Kier alpha value is -3.37. The highest BCUT2D eigenvalue weighted by Crippen LogP contribution is 2.42. The standard InChI is InChI=1S/C30H29Cl2N5O/c1-18-9-21(31)13-23(10-18)37-17-35-28-11-19(2)24(25-12-20(15-33)6-7-27(25)32)14-26(28)29(37)30(38)36(3)16-22-5-4-8-34-22/h6-7,9-14,17,22,29,34H,4-5,8,16H2,1-3H3/t22-,29?/m0/s1. The van der Waals surface area contributed by atoms with Gasteiger partial charge in [-0.25, -0.2) is 4.99 Å². The number of amides is 1. The second-order valence-corrected chi connectivity index (χ2v) is 10.9. The molecule has 2 aliphatic rings. The zero-order chi connectivity index (χ0) is 27.0. The summed E-state index contributed by atoms with van der Waals surface area (Å²) in [6.45, 7) is 5.57. The Morgan fingerprint density at radius 3 is 2.68 bits per heavy atom. The maximum absolute atomic E-state index is 14.2. The van der Waals surface area contributed by atoms with Gasteiger partial charge in [-0.1, -0.05) is 23.2 Å². The first kappa shape index (κ1) is 26.2. The smallest absolute Gasteiger partial charge is 0.250 e. The van der Waals surface area contributed by atoms with Gasteiger partial charge in [-0.05, 0) is 98.5 Å². The Kier molecular flexibility index (Phi) is 7.45. The first-order valence-corrected chi connectivity index (χ1v) is 13.4. The number of halogens is 2. The predicted molar refractivity (Wildman–Crippen MR) is 155 cm³/mol. The number of hydrogen-bond acceptors (Lipinski definition) is 5. The van der Waals surface area contributed by atoms with Crippen molar-refractivity contribution in [2.45, 2.75) is 38.8 Å². The lowest BCUT2D eigenvalue weighted by molar-refractivity contribution is -0.131. The monoisotopic (exact) mass is 545 g/mol. The van der Waals surface area contributed by atoms with E-state index in [4.69, 9.17) is 28.2 Å². The van der Waals surface area contributed by atoms with E-state index in [1.807, 2.05) is 61.0 Å². The summed E-state index contributed by atoms with van der Waals surface area (Å²) in [4.78, 5) is 22.6. The number of aryl methyl sites for hydroxylation is 2. The largest absolute Gasteiger partial charge is 0.342 e. The Morgan fingerprint density at radius 2 is 1.97 bits per heavy atom. The van der Waals surface area contributed by atoms with Crippen LogP contribution in [-0.2, 0) is 4.79 Å². The number of carbonyl (C=O) groups excluding carboxylic acids is 1. The van der Waals surface area contributed by atoms with Crippen molar-refractivity contribution in [2.24, 2.45) is 4.99 Å². The van der Waals surface area contributed by atoms with Gasteiger partial charge in [-0.15, -0.1) is 0 Å². The van der Waals surface area contributed by atoms with Crippen LogP contribution in [0.2, 0.25) is 10.0 Å². The first-order chi connectivity index (χ1) is 18.2. The van der Waals surface area contributed by atoms with Crippen LogP contribution in [0.5, 0.6) is 0 Å². The molecule has 0 spiro atoms. The van der Waals surface area contributed by atoms with E-state index in [9.17, 15) is 10.1 Å². The number of fused-ring (bicyclic) bond motifs is 1. The quantitative estimate of drug-likeness (QED) is 0.393. The number of carbonyl (C=O) groups is 1. The molecule has 8 heteroatoms. The summed E-state index contributed by atoms with van der Waals surface area (Å²) in [5.74, 6) is -0.0320. The van der Waals surface area contributed by atoms with Crippen molar-refractivity contribution < 1.29 is 4.79 Å². The van der Waals surface area contributed by atoms with E-state index in [0.717, 1.165) is 58.6 Å². The van der Waals surface area contributed by atoms with E-state index in [1.165, 1.54) is 0 Å². The minimum atomic E-state index is -0.649. The van der Waals surface area contributed by atoms with Crippen LogP contribution < -0.4 is 10.2 Å². The van der Waals surface area contributed by atoms with E-state index >= 15 is 0 Å². The van der Waals surface area contributed by atoms with Gasteiger partial charge in [0.05, 0.1) is 23.7 Å². The zero-order valence-corrected chi connectivity index (χ0v) is 23.1. The summed E-state index contributed by atoms with van der Waals surface area (Å²) in [5.41, 5.74) is 6.39. The number of rotatable bonds is 5. The highest BCUT2D eigenvalue weighted by atomic mass is 35.5. The fraction of sp³-hybridized carbons (Fsp3) is 0.300. The van der Waals surface area contributed by atoms with Crippen LogP contribution in [0.4, 0.5) is 11.4 Å². The number of aliphatic imine (C=N–C) groups is 1.